The first-order valence-electron chi connectivity index (χ1n) is 7.65. The minimum Gasteiger partial charge on any atom is -0.307 e. The number of carbonyl (C=O) groups excluding carboxylic acids is 2. The molecule has 0 aliphatic carbocycles. The topological polar surface area (TPSA) is 62.3 Å². The van der Waals surface area contributed by atoms with E-state index in [-0.39, 0.29) is 22.8 Å². The van der Waals surface area contributed by atoms with Crippen LogP contribution in [0.2, 0.25) is 0 Å². The zero-order valence-electron chi connectivity index (χ0n) is 13.5. The van der Waals surface area contributed by atoms with Gasteiger partial charge in [0.05, 0.1) is 16.6 Å². The molecule has 0 fully saturated rings. The molecule has 2 heterocycles. The Hall–Kier alpha value is -3.19. The molecule has 1 aromatic carbocycles. The number of ketones is 2. The molecule has 0 N–H and O–H groups in total. The quantitative estimate of drug-likeness (QED) is 0.688. The van der Waals surface area contributed by atoms with Crippen LogP contribution in [0.4, 0.5) is 0 Å². The third kappa shape index (κ3) is 2.61. The summed E-state index contributed by atoms with van der Waals surface area (Å²) in [5, 5.41) is 9.43. The van der Waals surface area contributed by atoms with Crippen molar-refractivity contribution in [2.24, 2.45) is 0 Å². The lowest BCUT2D eigenvalue weighted by Gasteiger charge is -2.04. The molecule has 0 bridgehead atoms. The maximum Gasteiger partial charge on any atom is 0.163 e. The Labute approximate surface area is 140 Å². The Morgan fingerprint density at radius 2 is 1.67 bits per heavy atom. The van der Waals surface area contributed by atoms with Crippen molar-refractivity contribution in [3.05, 3.63) is 76.6 Å². The van der Waals surface area contributed by atoms with Crippen molar-refractivity contribution in [2.45, 2.75) is 20.3 Å². The van der Waals surface area contributed by atoms with Gasteiger partial charge in [-0.25, -0.2) is 0 Å². The van der Waals surface area contributed by atoms with E-state index in [9.17, 15) is 14.9 Å². The van der Waals surface area contributed by atoms with Crippen molar-refractivity contribution < 1.29 is 9.59 Å². The molecule has 0 saturated carbocycles. The lowest BCUT2D eigenvalue weighted by Crippen LogP contribution is -2.02. The molecule has 0 saturated heterocycles. The fourth-order valence-corrected chi connectivity index (χ4v) is 3.05. The van der Waals surface area contributed by atoms with E-state index in [0.29, 0.717) is 11.1 Å². The standard InChI is InChI=1S/C20H16N2O2/c1-13(23)19-17-11-16(10-15-6-4-3-5-7-15)8-9-22(17)18(12-21)20(19)14(2)24/h3-9,11H,10H2,1-2H3. The highest BCUT2D eigenvalue weighted by Gasteiger charge is 2.24. The second-order valence-corrected chi connectivity index (χ2v) is 5.78. The van der Waals surface area contributed by atoms with Crippen LogP contribution < -0.4 is 0 Å². The molecule has 4 heteroatoms. The van der Waals surface area contributed by atoms with E-state index in [1.807, 2.05) is 42.5 Å². The van der Waals surface area contributed by atoms with E-state index >= 15 is 0 Å². The monoisotopic (exact) mass is 316 g/mol. The number of nitrogens with zero attached hydrogens (tertiary/aromatic N) is 2. The summed E-state index contributed by atoms with van der Waals surface area (Å²) in [6.45, 7) is 2.81. The van der Waals surface area contributed by atoms with Crippen molar-refractivity contribution >= 4 is 17.1 Å². The third-order valence-corrected chi connectivity index (χ3v) is 4.06. The van der Waals surface area contributed by atoms with Crippen LogP contribution in [-0.4, -0.2) is 16.0 Å². The molecule has 0 radical (unpaired) electrons. The summed E-state index contributed by atoms with van der Waals surface area (Å²) in [7, 11) is 0. The minimum absolute atomic E-state index is 0.210. The minimum atomic E-state index is -0.273. The van der Waals surface area contributed by atoms with Crippen LogP contribution in [0, 0.1) is 11.3 Å². The molecule has 24 heavy (non-hydrogen) atoms. The maximum absolute atomic E-state index is 12.1. The normalized spacial score (nSPS) is 10.5. The van der Waals surface area contributed by atoms with Crippen molar-refractivity contribution in [1.29, 1.82) is 5.26 Å². The summed E-state index contributed by atoms with van der Waals surface area (Å²) in [5.41, 5.74) is 3.54. The van der Waals surface area contributed by atoms with Gasteiger partial charge in [0, 0.05) is 6.20 Å². The van der Waals surface area contributed by atoms with Gasteiger partial charge in [-0.15, -0.1) is 0 Å². The van der Waals surface area contributed by atoms with Crippen molar-refractivity contribution in [3.8, 4) is 6.07 Å². The molecule has 0 amide bonds. The highest BCUT2D eigenvalue weighted by atomic mass is 16.1. The van der Waals surface area contributed by atoms with E-state index in [4.69, 9.17) is 0 Å². The average molecular weight is 316 g/mol. The predicted molar refractivity (Wildman–Crippen MR) is 91.4 cm³/mol. The first-order chi connectivity index (χ1) is 11.5. The molecule has 0 spiro atoms. The largest absolute Gasteiger partial charge is 0.307 e. The number of rotatable bonds is 4. The van der Waals surface area contributed by atoms with Crippen LogP contribution in [0.1, 0.15) is 51.4 Å². The predicted octanol–water partition coefficient (Wildman–Crippen LogP) is 3.81. The Morgan fingerprint density at radius 3 is 2.25 bits per heavy atom. The highest BCUT2D eigenvalue weighted by molar-refractivity contribution is 6.13. The summed E-state index contributed by atoms with van der Waals surface area (Å²) in [5.74, 6) is -0.485. The van der Waals surface area contributed by atoms with E-state index in [1.165, 1.54) is 13.8 Å². The van der Waals surface area contributed by atoms with E-state index in [0.717, 1.165) is 17.5 Å². The molecule has 2 aromatic heterocycles. The summed E-state index contributed by atoms with van der Waals surface area (Å²) in [4.78, 5) is 24.1. The van der Waals surface area contributed by atoms with Crippen LogP contribution in [-0.2, 0) is 6.42 Å². The summed E-state index contributed by atoms with van der Waals surface area (Å²) >= 11 is 0. The summed E-state index contributed by atoms with van der Waals surface area (Å²) in [6, 6.07) is 15.9. The number of hydrogen-bond acceptors (Lipinski definition) is 3. The van der Waals surface area contributed by atoms with Gasteiger partial charge < -0.3 is 4.40 Å². The second-order valence-electron chi connectivity index (χ2n) is 5.78. The molecule has 0 atom stereocenters. The molecule has 0 unspecified atom stereocenters. The molecule has 3 rings (SSSR count). The fraction of sp³-hybridized carbons (Fsp3) is 0.150. The molecule has 4 nitrogen and oxygen atoms in total. The van der Waals surface area contributed by atoms with Crippen LogP contribution in [0.15, 0.2) is 48.7 Å². The first kappa shape index (κ1) is 15.7. The molecular formula is C20H16N2O2. The van der Waals surface area contributed by atoms with Gasteiger partial charge >= 0.3 is 0 Å². The Balaban J connectivity index is 2.22. The number of nitriles is 1. The van der Waals surface area contributed by atoms with Crippen LogP contribution in [0.5, 0.6) is 0 Å². The van der Waals surface area contributed by atoms with Crippen LogP contribution in [0.3, 0.4) is 0 Å². The maximum atomic E-state index is 12.1. The second kappa shape index (κ2) is 6.13. The van der Waals surface area contributed by atoms with Crippen LogP contribution >= 0.6 is 0 Å². The van der Waals surface area contributed by atoms with E-state index < -0.39 is 0 Å². The highest BCUT2D eigenvalue weighted by Crippen LogP contribution is 2.26. The zero-order valence-corrected chi connectivity index (χ0v) is 13.5. The average Bonchev–Trinajstić information content (AvgIpc) is 2.89. The molecule has 0 aliphatic rings. The number of benzene rings is 1. The Bertz CT molecular complexity index is 992. The summed E-state index contributed by atoms with van der Waals surface area (Å²) < 4.78 is 1.63. The summed E-state index contributed by atoms with van der Waals surface area (Å²) in [6.07, 6.45) is 2.47. The molecule has 3 aromatic rings. The van der Waals surface area contributed by atoms with E-state index in [1.54, 1.807) is 10.6 Å². The third-order valence-electron chi connectivity index (χ3n) is 4.06. The van der Waals surface area contributed by atoms with Crippen LogP contribution in [0.25, 0.3) is 5.52 Å². The number of carbonyl (C=O) groups is 2. The molecule has 118 valence electrons. The van der Waals surface area contributed by atoms with Gasteiger partial charge in [-0.05, 0) is 43.5 Å². The fourth-order valence-electron chi connectivity index (χ4n) is 3.05. The van der Waals surface area contributed by atoms with Gasteiger partial charge in [0.1, 0.15) is 11.8 Å². The molecular weight excluding hydrogens is 300 g/mol. The lowest BCUT2D eigenvalue weighted by atomic mass is 10.0. The van der Waals surface area contributed by atoms with Gasteiger partial charge in [-0.3, -0.25) is 9.59 Å². The molecule has 0 aliphatic heterocycles. The Morgan fingerprint density at radius 1 is 1.00 bits per heavy atom. The van der Waals surface area contributed by atoms with Crippen molar-refractivity contribution in [1.82, 2.24) is 4.40 Å². The SMILES string of the molecule is CC(=O)c1c(C(C)=O)c2cc(Cc3ccccc3)ccn2c1C#N. The Kier molecular flexibility index (Phi) is 4.01. The first-order valence-corrected chi connectivity index (χ1v) is 7.65. The number of fused-ring (bicyclic) bond motifs is 1. The smallest absolute Gasteiger partial charge is 0.163 e. The number of pyridine rings is 1. The van der Waals surface area contributed by atoms with Gasteiger partial charge in [-0.2, -0.15) is 5.26 Å². The van der Waals surface area contributed by atoms with E-state index in [2.05, 4.69) is 6.07 Å². The van der Waals surface area contributed by atoms with Crippen molar-refractivity contribution in [3.63, 3.8) is 0 Å². The number of Topliss-reactive ketones (excluding diaryl/α,β-unsaturated/α-hetero) is 2. The van der Waals surface area contributed by atoms with Gasteiger partial charge in [0.15, 0.2) is 11.6 Å². The van der Waals surface area contributed by atoms with Crippen molar-refractivity contribution in [2.75, 3.05) is 0 Å². The van der Waals surface area contributed by atoms with Gasteiger partial charge in [-0.1, -0.05) is 30.3 Å². The number of hydrogen-bond donors (Lipinski definition) is 0. The lowest BCUT2D eigenvalue weighted by molar-refractivity contribution is 0.0982. The van der Waals surface area contributed by atoms with Gasteiger partial charge in [0.2, 0.25) is 0 Å². The zero-order chi connectivity index (χ0) is 17.3. The van der Waals surface area contributed by atoms with Gasteiger partial charge in [0.25, 0.3) is 0 Å². The number of aromatic nitrogens is 1.